The first-order chi connectivity index (χ1) is 10.0. The number of halogens is 2. The number of nitrogens with one attached hydrogen (secondary N) is 1. The highest BCUT2D eigenvalue weighted by atomic mass is 35.5. The zero-order chi connectivity index (χ0) is 15.4. The van der Waals surface area contributed by atoms with E-state index in [1.54, 1.807) is 25.4 Å². The van der Waals surface area contributed by atoms with E-state index < -0.39 is 0 Å². The Labute approximate surface area is 127 Å². The van der Waals surface area contributed by atoms with Gasteiger partial charge in [0.2, 0.25) is 0 Å². The highest BCUT2D eigenvalue weighted by molar-refractivity contribution is 6.32. The van der Waals surface area contributed by atoms with Crippen LogP contribution < -0.4 is 14.8 Å². The average molecular weight is 311 g/mol. The highest BCUT2D eigenvalue weighted by Gasteiger charge is 2.13. The number of hydrogen-bond donors (Lipinski definition) is 1. The summed E-state index contributed by atoms with van der Waals surface area (Å²) in [7, 11) is 3.09. The number of nitrogens with zero attached hydrogens (tertiary/aromatic N) is 1. The largest absolute Gasteiger partial charge is 0.495 e. The Morgan fingerprint density at radius 2 is 1.86 bits per heavy atom. The van der Waals surface area contributed by atoms with Crippen LogP contribution in [-0.4, -0.2) is 19.2 Å². The molecule has 0 bridgehead atoms. The Kier molecular flexibility index (Phi) is 4.85. The fourth-order valence-electron chi connectivity index (χ4n) is 1.95. The zero-order valence-corrected chi connectivity index (χ0v) is 12.7. The van der Waals surface area contributed by atoms with Gasteiger partial charge in [-0.3, -0.25) is 4.98 Å². The van der Waals surface area contributed by atoms with E-state index in [2.05, 4.69) is 10.3 Å². The molecule has 0 aliphatic heterocycles. The summed E-state index contributed by atoms with van der Waals surface area (Å²) in [6.07, 6.45) is 2.78. The summed E-state index contributed by atoms with van der Waals surface area (Å²) >= 11 is 6.12. The molecule has 112 valence electrons. The van der Waals surface area contributed by atoms with E-state index in [0.717, 1.165) is 5.56 Å². The lowest BCUT2D eigenvalue weighted by molar-refractivity contribution is 0.395. The number of methoxy groups -OCH3 is 2. The first-order valence-corrected chi connectivity index (χ1v) is 6.71. The summed E-state index contributed by atoms with van der Waals surface area (Å²) in [4.78, 5) is 3.84. The molecule has 1 aromatic carbocycles. The van der Waals surface area contributed by atoms with Crippen LogP contribution in [0, 0.1) is 5.82 Å². The number of ether oxygens (including phenoxy) is 2. The second-order valence-electron chi connectivity index (χ2n) is 4.49. The third kappa shape index (κ3) is 3.55. The van der Waals surface area contributed by atoms with Gasteiger partial charge in [0.25, 0.3) is 0 Å². The summed E-state index contributed by atoms with van der Waals surface area (Å²) in [5.74, 6) is 0.743. The van der Waals surface area contributed by atoms with E-state index in [0.29, 0.717) is 22.2 Å². The maximum absolute atomic E-state index is 13.2. The molecular weight excluding hydrogens is 295 g/mol. The first kappa shape index (κ1) is 15.4. The van der Waals surface area contributed by atoms with Crippen molar-refractivity contribution in [1.82, 2.24) is 4.98 Å². The van der Waals surface area contributed by atoms with Crippen molar-refractivity contribution in [2.24, 2.45) is 0 Å². The van der Waals surface area contributed by atoms with Crippen LogP contribution in [-0.2, 0) is 0 Å². The Bertz CT molecular complexity index is 637. The monoisotopic (exact) mass is 310 g/mol. The van der Waals surface area contributed by atoms with Crippen molar-refractivity contribution in [1.29, 1.82) is 0 Å². The van der Waals surface area contributed by atoms with Gasteiger partial charge in [0.1, 0.15) is 17.3 Å². The lowest BCUT2D eigenvalue weighted by atomic mass is 10.1. The van der Waals surface area contributed by atoms with Crippen LogP contribution in [0.2, 0.25) is 5.02 Å². The van der Waals surface area contributed by atoms with E-state index in [-0.39, 0.29) is 11.9 Å². The zero-order valence-electron chi connectivity index (χ0n) is 12.0. The van der Waals surface area contributed by atoms with Crippen molar-refractivity contribution in [3.8, 4) is 11.5 Å². The van der Waals surface area contributed by atoms with E-state index in [9.17, 15) is 4.39 Å². The molecule has 1 aromatic heterocycles. The van der Waals surface area contributed by atoms with E-state index in [1.165, 1.54) is 19.4 Å². The molecule has 0 spiro atoms. The molecule has 6 heteroatoms. The molecule has 0 saturated carbocycles. The molecule has 0 fully saturated rings. The number of benzene rings is 1. The molecule has 1 unspecified atom stereocenters. The van der Waals surface area contributed by atoms with Gasteiger partial charge in [0.05, 0.1) is 37.2 Å². The Hall–Kier alpha value is -2.01. The molecule has 0 saturated heterocycles. The molecule has 1 heterocycles. The molecule has 1 N–H and O–H groups in total. The van der Waals surface area contributed by atoms with Crippen LogP contribution in [0.1, 0.15) is 18.5 Å². The molecule has 4 nitrogen and oxygen atoms in total. The van der Waals surface area contributed by atoms with Gasteiger partial charge in [-0.25, -0.2) is 4.39 Å². The fraction of sp³-hybridized carbons (Fsp3) is 0.267. The van der Waals surface area contributed by atoms with Crippen molar-refractivity contribution >= 4 is 17.3 Å². The number of anilines is 1. The minimum Gasteiger partial charge on any atom is -0.495 e. The number of rotatable bonds is 5. The summed E-state index contributed by atoms with van der Waals surface area (Å²) < 4.78 is 23.7. The van der Waals surface area contributed by atoms with Crippen molar-refractivity contribution in [2.75, 3.05) is 19.5 Å². The van der Waals surface area contributed by atoms with Crippen LogP contribution in [0.4, 0.5) is 10.1 Å². The van der Waals surface area contributed by atoms with Gasteiger partial charge in [0, 0.05) is 12.3 Å². The van der Waals surface area contributed by atoms with E-state index in [4.69, 9.17) is 21.1 Å². The lowest BCUT2D eigenvalue weighted by Crippen LogP contribution is -2.08. The Balaban J connectivity index is 2.28. The Morgan fingerprint density at radius 3 is 2.48 bits per heavy atom. The molecular formula is C15H16ClFN2O2. The van der Waals surface area contributed by atoms with Gasteiger partial charge in [-0.05, 0) is 24.6 Å². The third-order valence-corrected chi connectivity index (χ3v) is 3.37. The quantitative estimate of drug-likeness (QED) is 0.904. The van der Waals surface area contributed by atoms with Crippen LogP contribution in [0.25, 0.3) is 0 Å². The van der Waals surface area contributed by atoms with Crippen molar-refractivity contribution in [3.63, 3.8) is 0 Å². The van der Waals surface area contributed by atoms with Gasteiger partial charge in [0.15, 0.2) is 0 Å². The minimum absolute atomic E-state index is 0.161. The highest BCUT2D eigenvalue weighted by Crippen LogP contribution is 2.37. The maximum Gasteiger partial charge on any atom is 0.145 e. The second-order valence-corrected chi connectivity index (χ2v) is 4.90. The predicted molar refractivity (Wildman–Crippen MR) is 80.8 cm³/mol. The molecule has 2 aromatic rings. The van der Waals surface area contributed by atoms with Gasteiger partial charge < -0.3 is 14.8 Å². The standard InChI is InChI=1S/C15H16ClFN2O2/c1-9(10-4-11(17)8-18-7-10)19-13-5-12(16)14(20-2)6-15(13)21-3/h4-9,19H,1-3H3. The van der Waals surface area contributed by atoms with Crippen molar-refractivity contribution in [2.45, 2.75) is 13.0 Å². The molecule has 21 heavy (non-hydrogen) atoms. The van der Waals surface area contributed by atoms with E-state index in [1.807, 2.05) is 6.92 Å². The normalized spacial score (nSPS) is 11.9. The summed E-state index contributed by atoms with van der Waals surface area (Å²) in [5, 5.41) is 3.69. The second kappa shape index (κ2) is 6.63. The van der Waals surface area contributed by atoms with Crippen molar-refractivity contribution < 1.29 is 13.9 Å². The number of aromatic nitrogens is 1. The maximum atomic E-state index is 13.2. The average Bonchev–Trinajstić information content (AvgIpc) is 2.47. The SMILES string of the molecule is COc1cc(OC)c(NC(C)c2cncc(F)c2)cc1Cl. The summed E-state index contributed by atoms with van der Waals surface area (Å²) in [6.45, 7) is 1.90. The van der Waals surface area contributed by atoms with Crippen LogP contribution in [0.3, 0.4) is 0 Å². The van der Waals surface area contributed by atoms with Crippen LogP contribution in [0.5, 0.6) is 11.5 Å². The summed E-state index contributed by atoms with van der Waals surface area (Å²) in [6, 6.07) is 4.68. The topological polar surface area (TPSA) is 43.4 Å². The predicted octanol–water partition coefficient (Wildman–Crippen LogP) is 4.06. The number of pyridine rings is 1. The van der Waals surface area contributed by atoms with Gasteiger partial charge >= 0.3 is 0 Å². The van der Waals surface area contributed by atoms with Gasteiger partial charge in [-0.2, -0.15) is 0 Å². The van der Waals surface area contributed by atoms with Crippen molar-refractivity contribution in [3.05, 3.63) is 47.0 Å². The fourth-order valence-corrected chi connectivity index (χ4v) is 2.20. The van der Waals surface area contributed by atoms with Gasteiger partial charge in [-0.15, -0.1) is 0 Å². The molecule has 0 aliphatic rings. The minimum atomic E-state index is -0.374. The number of hydrogen-bond acceptors (Lipinski definition) is 4. The molecule has 0 radical (unpaired) electrons. The first-order valence-electron chi connectivity index (χ1n) is 6.33. The smallest absolute Gasteiger partial charge is 0.145 e. The Morgan fingerprint density at radius 1 is 1.14 bits per heavy atom. The summed E-state index contributed by atoms with van der Waals surface area (Å²) in [5.41, 5.74) is 1.42. The third-order valence-electron chi connectivity index (χ3n) is 3.07. The molecule has 1 atom stereocenters. The van der Waals surface area contributed by atoms with Gasteiger partial charge in [-0.1, -0.05) is 11.6 Å². The lowest BCUT2D eigenvalue weighted by Gasteiger charge is -2.19. The van der Waals surface area contributed by atoms with Crippen LogP contribution in [0.15, 0.2) is 30.6 Å². The molecule has 2 rings (SSSR count). The van der Waals surface area contributed by atoms with E-state index >= 15 is 0 Å². The van der Waals surface area contributed by atoms with Crippen LogP contribution >= 0.6 is 11.6 Å². The molecule has 0 amide bonds. The molecule has 0 aliphatic carbocycles.